The first-order valence-corrected chi connectivity index (χ1v) is 5.76. The molecule has 0 saturated carbocycles. The van der Waals surface area contributed by atoms with Crippen LogP contribution in [0.1, 0.15) is 55.4 Å². The molecule has 0 amide bonds. The topological polar surface area (TPSA) is 29.5 Å². The molecule has 0 fully saturated rings. The van der Waals surface area contributed by atoms with Crippen LogP contribution in [0.3, 0.4) is 0 Å². The average Bonchev–Trinajstić information content (AvgIpc) is 1.97. The number of carbonyl (C=O) groups is 1. The second-order valence-electron chi connectivity index (χ2n) is 6.79. The maximum Gasteiger partial charge on any atom is 0.326 e. The van der Waals surface area contributed by atoms with Crippen LogP contribution in [0.15, 0.2) is 0 Å². The van der Waals surface area contributed by atoms with Crippen LogP contribution in [-0.2, 0) is 9.53 Å². The van der Waals surface area contributed by atoms with Gasteiger partial charge in [-0.3, -0.25) is 9.69 Å². The fourth-order valence-electron chi connectivity index (χ4n) is 1.38. The zero-order chi connectivity index (χ0) is 13.4. The van der Waals surface area contributed by atoms with Gasteiger partial charge < -0.3 is 4.74 Å². The van der Waals surface area contributed by atoms with Crippen LogP contribution in [0, 0.1) is 0 Å². The summed E-state index contributed by atoms with van der Waals surface area (Å²) in [7, 11) is 1.95. The van der Waals surface area contributed by atoms with Crippen LogP contribution in [0.5, 0.6) is 0 Å². The largest absolute Gasteiger partial charge is 0.459 e. The number of carbonyl (C=O) groups excluding carboxylic acids is 1. The Bertz CT molecular complexity index is 256. The molecule has 0 heterocycles. The van der Waals surface area contributed by atoms with Gasteiger partial charge in [-0.15, -0.1) is 0 Å². The van der Waals surface area contributed by atoms with Crippen molar-refractivity contribution in [3.05, 3.63) is 0 Å². The Morgan fingerprint density at radius 2 is 1.31 bits per heavy atom. The van der Waals surface area contributed by atoms with Gasteiger partial charge in [0.05, 0.1) is 0 Å². The number of likely N-dealkylation sites (N-methyl/N-ethyl adjacent to an activating group) is 1. The predicted molar refractivity (Wildman–Crippen MR) is 67.4 cm³/mol. The molecule has 96 valence electrons. The van der Waals surface area contributed by atoms with Gasteiger partial charge in [0.15, 0.2) is 0 Å². The fraction of sp³-hybridized carbons (Fsp3) is 0.923. The van der Waals surface area contributed by atoms with E-state index in [9.17, 15) is 4.79 Å². The molecule has 0 bridgehead atoms. The van der Waals surface area contributed by atoms with Crippen LogP contribution in [-0.4, -0.2) is 34.6 Å². The summed E-state index contributed by atoms with van der Waals surface area (Å²) in [6.45, 7) is 15.7. The molecule has 0 spiro atoms. The highest BCUT2D eigenvalue weighted by atomic mass is 16.6. The highest BCUT2D eigenvalue weighted by Gasteiger charge is 2.40. The van der Waals surface area contributed by atoms with Crippen LogP contribution < -0.4 is 0 Å². The van der Waals surface area contributed by atoms with Crippen molar-refractivity contribution in [1.82, 2.24) is 4.90 Å². The van der Waals surface area contributed by atoms with E-state index in [0.29, 0.717) is 0 Å². The van der Waals surface area contributed by atoms with Gasteiger partial charge >= 0.3 is 5.97 Å². The van der Waals surface area contributed by atoms with E-state index in [4.69, 9.17) is 4.74 Å². The molecule has 0 radical (unpaired) electrons. The summed E-state index contributed by atoms with van der Waals surface area (Å²) in [6, 6.07) is 0. The molecule has 3 heteroatoms. The van der Waals surface area contributed by atoms with E-state index in [2.05, 4.69) is 20.8 Å². The van der Waals surface area contributed by atoms with Crippen molar-refractivity contribution in [3.63, 3.8) is 0 Å². The number of hydrogen-bond donors (Lipinski definition) is 0. The third-order valence-corrected chi connectivity index (χ3v) is 2.74. The predicted octanol–water partition coefficient (Wildman–Crippen LogP) is 2.84. The molecule has 0 unspecified atom stereocenters. The molecule has 0 aromatic heterocycles. The molecule has 3 nitrogen and oxygen atoms in total. The van der Waals surface area contributed by atoms with Gasteiger partial charge in [-0.1, -0.05) is 0 Å². The van der Waals surface area contributed by atoms with Crippen molar-refractivity contribution in [2.75, 3.05) is 7.05 Å². The van der Waals surface area contributed by atoms with Crippen molar-refractivity contribution in [3.8, 4) is 0 Å². The lowest BCUT2D eigenvalue weighted by Gasteiger charge is -2.43. The van der Waals surface area contributed by atoms with Gasteiger partial charge in [-0.2, -0.15) is 0 Å². The standard InChI is InChI=1S/C13H27NO2/c1-11(2,3)14(9)13(7,8)10(15)16-12(4,5)6/h1-9H3. The minimum Gasteiger partial charge on any atom is -0.459 e. The number of nitrogens with zero attached hydrogens (tertiary/aromatic N) is 1. The summed E-state index contributed by atoms with van der Waals surface area (Å²) in [5.41, 5.74) is -1.13. The van der Waals surface area contributed by atoms with Crippen LogP contribution in [0.4, 0.5) is 0 Å². The van der Waals surface area contributed by atoms with E-state index in [1.54, 1.807) is 0 Å². The first-order valence-electron chi connectivity index (χ1n) is 5.76. The molecule has 0 rings (SSSR count). The molecule has 0 aliphatic carbocycles. The molecule has 16 heavy (non-hydrogen) atoms. The third-order valence-electron chi connectivity index (χ3n) is 2.74. The van der Waals surface area contributed by atoms with Gasteiger partial charge in [-0.25, -0.2) is 0 Å². The quantitative estimate of drug-likeness (QED) is 0.682. The molecule has 0 aromatic rings. The molecular weight excluding hydrogens is 202 g/mol. The number of esters is 1. The zero-order valence-corrected chi connectivity index (χ0v) is 12.3. The van der Waals surface area contributed by atoms with Crippen LogP contribution >= 0.6 is 0 Å². The highest BCUT2D eigenvalue weighted by molar-refractivity contribution is 5.80. The first-order chi connectivity index (χ1) is 6.78. The minimum atomic E-state index is -0.620. The van der Waals surface area contributed by atoms with Crippen LogP contribution in [0.25, 0.3) is 0 Å². The monoisotopic (exact) mass is 229 g/mol. The Balaban J connectivity index is 4.86. The molecule has 0 atom stereocenters. The third kappa shape index (κ3) is 4.12. The minimum absolute atomic E-state index is 0.0690. The second-order valence-corrected chi connectivity index (χ2v) is 6.79. The van der Waals surface area contributed by atoms with Gasteiger partial charge in [0.25, 0.3) is 0 Å². The van der Waals surface area contributed by atoms with E-state index in [-0.39, 0.29) is 11.5 Å². The summed E-state index contributed by atoms with van der Waals surface area (Å²) >= 11 is 0. The lowest BCUT2D eigenvalue weighted by Crippen LogP contribution is -2.57. The van der Waals surface area contributed by atoms with E-state index in [0.717, 1.165) is 0 Å². The maximum atomic E-state index is 12.1. The summed E-state index contributed by atoms with van der Waals surface area (Å²) in [5, 5.41) is 0. The maximum absolute atomic E-state index is 12.1. The Kier molecular flexibility index (Phi) is 4.21. The summed E-state index contributed by atoms with van der Waals surface area (Å²) in [6.07, 6.45) is 0. The normalized spacial score (nSPS) is 14.1. The van der Waals surface area contributed by atoms with Crippen molar-refractivity contribution in [2.24, 2.45) is 0 Å². The van der Waals surface area contributed by atoms with Gasteiger partial charge in [0.1, 0.15) is 11.1 Å². The Morgan fingerprint density at radius 1 is 0.938 bits per heavy atom. The molecule has 0 aromatic carbocycles. The number of hydrogen-bond acceptors (Lipinski definition) is 3. The van der Waals surface area contributed by atoms with Gasteiger partial charge in [-0.05, 0) is 62.4 Å². The van der Waals surface area contributed by atoms with E-state index in [1.807, 2.05) is 46.6 Å². The van der Waals surface area contributed by atoms with E-state index >= 15 is 0 Å². The van der Waals surface area contributed by atoms with Crippen molar-refractivity contribution in [1.29, 1.82) is 0 Å². The SMILES string of the molecule is CN(C(C)(C)C)C(C)(C)C(=O)OC(C)(C)C. The Labute approximate surface area is 100 Å². The molecular formula is C13H27NO2. The van der Waals surface area contributed by atoms with Crippen molar-refractivity contribution < 1.29 is 9.53 Å². The van der Waals surface area contributed by atoms with Crippen molar-refractivity contribution >= 4 is 5.97 Å². The molecule has 0 aliphatic heterocycles. The van der Waals surface area contributed by atoms with E-state index < -0.39 is 11.1 Å². The van der Waals surface area contributed by atoms with Crippen LogP contribution in [0.2, 0.25) is 0 Å². The number of ether oxygens (including phenoxy) is 1. The second kappa shape index (κ2) is 4.36. The van der Waals surface area contributed by atoms with Gasteiger partial charge in [0.2, 0.25) is 0 Å². The lowest BCUT2D eigenvalue weighted by atomic mass is 9.95. The summed E-state index contributed by atoms with van der Waals surface area (Å²) < 4.78 is 5.44. The summed E-state index contributed by atoms with van der Waals surface area (Å²) in [4.78, 5) is 14.1. The molecule has 0 N–H and O–H groups in total. The molecule has 0 saturated heterocycles. The first kappa shape index (κ1) is 15.4. The van der Waals surface area contributed by atoms with Gasteiger partial charge in [0, 0.05) is 5.54 Å². The highest BCUT2D eigenvalue weighted by Crippen LogP contribution is 2.25. The van der Waals surface area contributed by atoms with E-state index in [1.165, 1.54) is 0 Å². The smallest absolute Gasteiger partial charge is 0.326 e. The molecule has 0 aliphatic rings. The fourth-order valence-corrected chi connectivity index (χ4v) is 1.38. The zero-order valence-electron chi connectivity index (χ0n) is 12.3. The lowest BCUT2D eigenvalue weighted by molar-refractivity contribution is -0.170. The Hall–Kier alpha value is -0.570. The average molecular weight is 229 g/mol. The van der Waals surface area contributed by atoms with Crippen molar-refractivity contribution in [2.45, 2.75) is 72.1 Å². The number of rotatable bonds is 2. The summed E-state index contributed by atoms with van der Waals surface area (Å²) in [5.74, 6) is -0.183. The Morgan fingerprint density at radius 3 is 1.56 bits per heavy atom.